The summed E-state index contributed by atoms with van der Waals surface area (Å²) in [6.45, 7) is 6.37. The molecule has 1 rings (SSSR count). The Kier molecular flexibility index (Phi) is 6.12. The maximum Gasteiger partial charge on any atom is 0.258 e. The number of carbonyl (C=O) groups is 1. The normalized spacial score (nSPS) is 12.3. The number of amides is 1. The topological polar surface area (TPSA) is 64.3 Å². The lowest BCUT2D eigenvalue weighted by Crippen LogP contribution is -2.39. The van der Waals surface area contributed by atoms with Crippen LogP contribution in [0.3, 0.4) is 0 Å². The Morgan fingerprint density at radius 3 is 2.68 bits per heavy atom. The summed E-state index contributed by atoms with van der Waals surface area (Å²) in [6.07, 6.45) is 0. The van der Waals surface area contributed by atoms with Crippen LogP contribution in [0.2, 0.25) is 5.02 Å². The first-order valence-electron chi connectivity index (χ1n) is 6.34. The Bertz CT molecular complexity index is 435. The number of ether oxygens (including phenoxy) is 1. The zero-order chi connectivity index (χ0) is 14.4. The fraction of sp³-hybridized carbons (Fsp3) is 0.500. The molecule has 0 saturated heterocycles. The van der Waals surface area contributed by atoms with Crippen molar-refractivity contribution in [3.05, 3.63) is 28.8 Å². The van der Waals surface area contributed by atoms with Crippen LogP contribution in [0.25, 0.3) is 0 Å². The van der Waals surface area contributed by atoms with Crippen molar-refractivity contribution in [2.75, 3.05) is 6.61 Å². The Balaban J connectivity index is 2.57. The highest BCUT2D eigenvalue weighted by Crippen LogP contribution is 2.22. The molecule has 0 radical (unpaired) electrons. The lowest BCUT2D eigenvalue weighted by molar-refractivity contribution is -0.124. The zero-order valence-corrected chi connectivity index (χ0v) is 12.3. The van der Waals surface area contributed by atoms with Crippen LogP contribution >= 0.6 is 11.6 Å². The lowest BCUT2D eigenvalue weighted by atomic mass is 10.1. The Hall–Kier alpha value is -1.26. The van der Waals surface area contributed by atoms with Crippen molar-refractivity contribution >= 4 is 17.5 Å². The molecular weight excluding hydrogens is 264 g/mol. The first-order chi connectivity index (χ1) is 8.93. The molecule has 0 bridgehead atoms. The fourth-order valence-electron chi connectivity index (χ4n) is 1.44. The quantitative estimate of drug-likeness (QED) is 0.843. The molecule has 5 heteroatoms. The van der Waals surface area contributed by atoms with Gasteiger partial charge in [-0.2, -0.15) is 0 Å². The summed E-state index contributed by atoms with van der Waals surface area (Å²) in [7, 11) is 0. The highest BCUT2D eigenvalue weighted by atomic mass is 35.5. The molecule has 0 saturated carbocycles. The molecule has 0 spiro atoms. The first kappa shape index (κ1) is 15.8. The average molecular weight is 285 g/mol. The number of nitrogens with one attached hydrogen (secondary N) is 1. The van der Waals surface area contributed by atoms with Gasteiger partial charge in [0, 0.05) is 23.2 Å². The number of nitrogens with two attached hydrogens (primary N) is 1. The van der Waals surface area contributed by atoms with E-state index in [1.54, 1.807) is 18.2 Å². The summed E-state index contributed by atoms with van der Waals surface area (Å²) in [5, 5.41) is 3.43. The van der Waals surface area contributed by atoms with Crippen LogP contribution in [0.5, 0.6) is 5.75 Å². The maximum absolute atomic E-state index is 11.7. The van der Waals surface area contributed by atoms with E-state index in [2.05, 4.69) is 19.2 Å². The number of hydrogen-bond donors (Lipinski definition) is 2. The van der Waals surface area contributed by atoms with E-state index in [1.165, 1.54) is 0 Å². The lowest BCUT2D eigenvalue weighted by Gasteiger charge is -2.18. The van der Waals surface area contributed by atoms with Crippen LogP contribution in [0.4, 0.5) is 0 Å². The van der Waals surface area contributed by atoms with E-state index in [1.807, 2.05) is 6.92 Å². The highest BCUT2D eigenvalue weighted by Gasteiger charge is 2.12. The molecule has 4 nitrogen and oxygen atoms in total. The summed E-state index contributed by atoms with van der Waals surface area (Å²) in [5.41, 5.74) is 6.43. The molecule has 106 valence electrons. The summed E-state index contributed by atoms with van der Waals surface area (Å²) in [6, 6.07) is 5.33. The van der Waals surface area contributed by atoms with Crippen molar-refractivity contribution in [2.24, 2.45) is 11.7 Å². The van der Waals surface area contributed by atoms with Crippen LogP contribution in [0.15, 0.2) is 18.2 Å². The second-order valence-electron chi connectivity index (χ2n) is 4.85. The standard InChI is InChI=1S/C14H21ClN2O2/c1-9(2)10(3)17-14(18)8-19-13-6-12(15)5-4-11(13)7-16/h4-6,9-10H,7-8,16H2,1-3H3,(H,17,18). The van der Waals surface area contributed by atoms with Gasteiger partial charge in [-0.3, -0.25) is 4.79 Å². The third kappa shape index (κ3) is 5.09. The van der Waals surface area contributed by atoms with Gasteiger partial charge in [-0.1, -0.05) is 31.5 Å². The van der Waals surface area contributed by atoms with Gasteiger partial charge in [0.05, 0.1) is 0 Å². The molecule has 0 aromatic heterocycles. The molecule has 0 aliphatic heterocycles. The number of hydrogen-bond acceptors (Lipinski definition) is 3. The predicted octanol–water partition coefficient (Wildman–Crippen LogP) is 2.34. The number of halogens is 1. The van der Waals surface area contributed by atoms with E-state index in [4.69, 9.17) is 22.1 Å². The van der Waals surface area contributed by atoms with E-state index in [-0.39, 0.29) is 18.6 Å². The molecule has 1 atom stereocenters. The molecule has 3 N–H and O–H groups in total. The van der Waals surface area contributed by atoms with Crippen LogP contribution in [-0.2, 0) is 11.3 Å². The van der Waals surface area contributed by atoms with Crippen molar-refractivity contribution < 1.29 is 9.53 Å². The van der Waals surface area contributed by atoms with Gasteiger partial charge < -0.3 is 15.8 Å². The van der Waals surface area contributed by atoms with Crippen molar-refractivity contribution in [1.82, 2.24) is 5.32 Å². The van der Waals surface area contributed by atoms with Crippen molar-refractivity contribution in [3.63, 3.8) is 0 Å². The molecule has 1 unspecified atom stereocenters. The minimum absolute atomic E-state index is 0.0373. The van der Waals surface area contributed by atoms with E-state index >= 15 is 0 Å². The SMILES string of the molecule is CC(C)C(C)NC(=O)COc1cc(Cl)ccc1CN. The van der Waals surface area contributed by atoms with Gasteiger partial charge in [0.1, 0.15) is 5.75 Å². The molecule has 1 amide bonds. The highest BCUT2D eigenvalue weighted by molar-refractivity contribution is 6.30. The minimum Gasteiger partial charge on any atom is -0.483 e. The third-order valence-corrected chi connectivity index (χ3v) is 3.23. The number of carbonyl (C=O) groups excluding carboxylic acids is 1. The van der Waals surface area contributed by atoms with Gasteiger partial charge in [-0.25, -0.2) is 0 Å². The maximum atomic E-state index is 11.7. The number of rotatable bonds is 6. The zero-order valence-electron chi connectivity index (χ0n) is 11.6. The van der Waals surface area contributed by atoms with Crippen molar-refractivity contribution in [1.29, 1.82) is 0 Å². The third-order valence-electron chi connectivity index (χ3n) is 3.00. The van der Waals surface area contributed by atoms with Crippen LogP contribution in [0.1, 0.15) is 26.3 Å². The predicted molar refractivity (Wildman–Crippen MR) is 77.3 cm³/mol. The summed E-state index contributed by atoms with van der Waals surface area (Å²) < 4.78 is 5.47. The minimum atomic E-state index is -0.149. The second-order valence-corrected chi connectivity index (χ2v) is 5.28. The van der Waals surface area contributed by atoms with E-state index in [9.17, 15) is 4.79 Å². The van der Waals surface area contributed by atoms with Crippen LogP contribution in [-0.4, -0.2) is 18.6 Å². The molecule has 0 fully saturated rings. The largest absolute Gasteiger partial charge is 0.483 e. The monoisotopic (exact) mass is 284 g/mol. The first-order valence-corrected chi connectivity index (χ1v) is 6.72. The van der Waals surface area contributed by atoms with E-state index in [0.29, 0.717) is 23.2 Å². The van der Waals surface area contributed by atoms with Gasteiger partial charge in [0.25, 0.3) is 5.91 Å². The molecular formula is C14H21ClN2O2. The summed E-state index contributed by atoms with van der Waals surface area (Å²) in [5.74, 6) is 0.793. The molecule has 19 heavy (non-hydrogen) atoms. The van der Waals surface area contributed by atoms with E-state index < -0.39 is 0 Å². The van der Waals surface area contributed by atoms with E-state index in [0.717, 1.165) is 5.56 Å². The van der Waals surface area contributed by atoms with Crippen LogP contribution < -0.4 is 15.8 Å². The molecule has 0 aliphatic carbocycles. The Morgan fingerprint density at radius 1 is 1.42 bits per heavy atom. The van der Waals surface area contributed by atoms with Gasteiger partial charge in [-0.15, -0.1) is 0 Å². The molecule has 0 heterocycles. The molecule has 1 aromatic carbocycles. The molecule has 0 aliphatic rings. The molecule has 1 aromatic rings. The van der Waals surface area contributed by atoms with Gasteiger partial charge in [0.15, 0.2) is 6.61 Å². The Morgan fingerprint density at radius 2 is 2.11 bits per heavy atom. The Labute approximate surface area is 119 Å². The van der Waals surface area contributed by atoms with Crippen LogP contribution in [0, 0.1) is 5.92 Å². The second kappa shape index (κ2) is 7.36. The van der Waals surface area contributed by atoms with Crippen molar-refractivity contribution in [3.8, 4) is 5.75 Å². The van der Waals surface area contributed by atoms with Gasteiger partial charge in [-0.05, 0) is 25.0 Å². The summed E-state index contributed by atoms with van der Waals surface area (Å²) >= 11 is 5.89. The average Bonchev–Trinajstić information content (AvgIpc) is 2.36. The summed E-state index contributed by atoms with van der Waals surface area (Å²) in [4.78, 5) is 11.7. The fourth-order valence-corrected chi connectivity index (χ4v) is 1.60. The van der Waals surface area contributed by atoms with Gasteiger partial charge in [0.2, 0.25) is 0 Å². The van der Waals surface area contributed by atoms with Crippen molar-refractivity contribution in [2.45, 2.75) is 33.4 Å². The number of benzene rings is 1. The van der Waals surface area contributed by atoms with Gasteiger partial charge >= 0.3 is 0 Å². The smallest absolute Gasteiger partial charge is 0.258 e.